The molecule has 0 amide bonds. The van der Waals surface area contributed by atoms with Crippen LogP contribution in [0.3, 0.4) is 0 Å². The number of nitrogens with zero attached hydrogens (tertiary/aromatic N) is 1. The number of carbonyl (C=O) groups is 1. The monoisotopic (exact) mass is 291 g/mol. The molecular weight excluding hydrogens is 266 g/mol. The summed E-state index contributed by atoms with van der Waals surface area (Å²) in [6.07, 6.45) is 6.32. The number of para-hydroxylation sites is 1. The Morgan fingerprint density at radius 1 is 1.33 bits per heavy atom. The first-order valence-electron chi connectivity index (χ1n) is 7.91. The van der Waals surface area contributed by atoms with E-state index < -0.39 is 5.97 Å². The molecule has 1 aliphatic heterocycles. The summed E-state index contributed by atoms with van der Waals surface area (Å²) in [5.74, 6) is -0.473. The summed E-state index contributed by atoms with van der Waals surface area (Å²) in [5.41, 5.74) is 0.236. The zero-order chi connectivity index (χ0) is 15.1. The van der Waals surface area contributed by atoms with E-state index in [-0.39, 0.29) is 5.56 Å². The molecule has 0 spiro atoms. The first kappa shape index (κ1) is 15.8. The molecule has 0 saturated carbocycles. The summed E-state index contributed by atoms with van der Waals surface area (Å²) < 4.78 is 5.71. The topological polar surface area (TPSA) is 49.8 Å². The van der Waals surface area contributed by atoms with Crippen molar-refractivity contribution in [2.24, 2.45) is 0 Å². The molecule has 1 saturated heterocycles. The molecule has 1 N–H and O–H groups in total. The Morgan fingerprint density at radius 3 is 2.90 bits per heavy atom. The van der Waals surface area contributed by atoms with Crippen LogP contribution in [0.15, 0.2) is 24.3 Å². The molecule has 1 atom stereocenters. The van der Waals surface area contributed by atoms with Gasteiger partial charge >= 0.3 is 5.97 Å². The highest BCUT2D eigenvalue weighted by molar-refractivity contribution is 5.90. The van der Waals surface area contributed by atoms with E-state index in [0.717, 1.165) is 13.1 Å². The van der Waals surface area contributed by atoms with Gasteiger partial charge in [-0.2, -0.15) is 0 Å². The van der Waals surface area contributed by atoms with E-state index in [2.05, 4.69) is 11.8 Å². The van der Waals surface area contributed by atoms with Gasteiger partial charge in [0.1, 0.15) is 17.9 Å². The van der Waals surface area contributed by atoms with Crippen molar-refractivity contribution in [2.45, 2.75) is 45.1 Å². The summed E-state index contributed by atoms with van der Waals surface area (Å²) in [5, 5.41) is 9.14. The second kappa shape index (κ2) is 8.03. The van der Waals surface area contributed by atoms with Gasteiger partial charge in [-0.05, 0) is 37.9 Å². The van der Waals surface area contributed by atoms with E-state index in [1.165, 1.54) is 32.1 Å². The van der Waals surface area contributed by atoms with Crippen LogP contribution in [0.1, 0.15) is 49.4 Å². The van der Waals surface area contributed by atoms with Crippen molar-refractivity contribution in [2.75, 3.05) is 19.7 Å². The number of aromatic carboxylic acids is 1. The molecule has 116 valence electrons. The smallest absolute Gasteiger partial charge is 0.339 e. The van der Waals surface area contributed by atoms with Crippen molar-refractivity contribution >= 4 is 5.97 Å². The summed E-state index contributed by atoms with van der Waals surface area (Å²) in [7, 11) is 0. The molecule has 1 fully saturated rings. The third-order valence-electron chi connectivity index (χ3n) is 4.22. The van der Waals surface area contributed by atoms with Gasteiger partial charge in [0.15, 0.2) is 0 Å². The fourth-order valence-electron chi connectivity index (χ4n) is 3.04. The molecule has 0 radical (unpaired) electrons. The van der Waals surface area contributed by atoms with Crippen LogP contribution in [0.5, 0.6) is 5.75 Å². The van der Waals surface area contributed by atoms with Crippen LogP contribution >= 0.6 is 0 Å². The maximum absolute atomic E-state index is 11.1. The fourth-order valence-corrected chi connectivity index (χ4v) is 3.04. The molecule has 1 aromatic carbocycles. The Balaban J connectivity index is 1.90. The van der Waals surface area contributed by atoms with E-state index in [1.807, 2.05) is 6.07 Å². The Kier molecular flexibility index (Phi) is 6.05. The van der Waals surface area contributed by atoms with Crippen molar-refractivity contribution in [1.29, 1.82) is 0 Å². The normalized spacial score (nSPS) is 20.0. The molecule has 4 nitrogen and oxygen atoms in total. The van der Waals surface area contributed by atoms with Gasteiger partial charge in [0, 0.05) is 12.6 Å². The highest BCUT2D eigenvalue weighted by Crippen LogP contribution is 2.20. The fraction of sp³-hybridized carbons (Fsp3) is 0.588. The molecule has 4 heteroatoms. The first-order valence-corrected chi connectivity index (χ1v) is 7.91. The largest absolute Gasteiger partial charge is 0.491 e. The first-order chi connectivity index (χ1) is 10.2. The quantitative estimate of drug-likeness (QED) is 0.872. The van der Waals surface area contributed by atoms with Crippen LogP contribution in [0, 0.1) is 0 Å². The minimum absolute atomic E-state index is 0.236. The van der Waals surface area contributed by atoms with Crippen LogP contribution in [-0.4, -0.2) is 41.7 Å². The third kappa shape index (κ3) is 4.46. The number of likely N-dealkylation sites (tertiary alicyclic amines) is 1. The van der Waals surface area contributed by atoms with E-state index in [4.69, 9.17) is 9.84 Å². The second-order valence-electron chi connectivity index (χ2n) is 5.60. The lowest BCUT2D eigenvalue weighted by atomic mass is 10.1. The number of hydrogen-bond donors (Lipinski definition) is 1. The molecule has 0 bridgehead atoms. The van der Waals surface area contributed by atoms with Crippen LogP contribution in [0.25, 0.3) is 0 Å². The molecule has 2 rings (SSSR count). The predicted octanol–water partition coefficient (Wildman–Crippen LogP) is 3.42. The predicted molar refractivity (Wildman–Crippen MR) is 83.0 cm³/mol. The zero-order valence-electron chi connectivity index (χ0n) is 12.8. The van der Waals surface area contributed by atoms with Crippen LogP contribution in [0.2, 0.25) is 0 Å². The van der Waals surface area contributed by atoms with Gasteiger partial charge in [0.2, 0.25) is 0 Å². The van der Waals surface area contributed by atoms with Crippen LogP contribution in [-0.2, 0) is 0 Å². The SMILES string of the molecule is CCC1CCCCCN1CCOc1ccccc1C(=O)O. The average Bonchev–Trinajstić information content (AvgIpc) is 2.72. The Morgan fingerprint density at radius 2 is 2.14 bits per heavy atom. The number of hydrogen-bond acceptors (Lipinski definition) is 3. The van der Waals surface area contributed by atoms with E-state index in [1.54, 1.807) is 18.2 Å². The van der Waals surface area contributed by atoms with E-state index in [9.17, 15) is 4.79 Å². The maximum atomic E-state index is 11.1. The standard InChI is InChI=1S/C17H25NO3/c1-2-14-8-4-3-7-11-18(14)12-13-21-16-10-6-5-9-15(16)17(19)20/h5-6,9-10,14H,2-4,7-8,11-13H2,1H3,(H,19,20). The van der Waals surface area contributed by atoms with Gasteiger partial charge in [0.25, 0.3) is 0 Å². The van der Waals surface area contributed by atoms with Crippen molar-refractivity contribution in [3.8, 4) is 5.75 Å². The van der Waals surface area contributed by atoms with Crippen molar-refractivity contribution < 1.29 is 14.6 Å². The molecule has 1 unspecified atom stereocenters. The molecule has 0 aliphatic carbocycles. The van der Waals surface area contributed by atoms with E-state index >= 15 is 0 Å². The number of ether oxygens (including phenoxy) is 1. The molecule has 21 heavy (non-hydrogen) atoms. The van der Waals surface area contributed by atoms with Gasteiger partial charge in [-0.15, -0.1) is 0 Å². The van der Waals surface area contributed by atoms with Gasteiger partial charge < -0.3 is 9.84 Å². The third-order valence-corrected chi connectivity index (χ3v) is 4.22. The molecular formula is C17H25NO3. The zero-order valence-corrected chi connectivity index (χ0v) is 12.8. The number of rotatable bonds is 6. The van der Waals surface area contributed by atoms with Crippen molar-refractivity contribution in [3.63, 3.8) is 0 Å². The Hall–Kier alpha value is -1.55. The maximum Gasteiger partial charge on any atom is 0.339 e. The van der Waals surface area contributed by atoms with E-state index in [0.29, 0.717) is 18.4 Å². The lowest BCUT2D eigenvalue weighted by molar-refractivity contribution is 0.0691. The minimum atomic E-state index is -0.938. The van der Waals surface area contributed by atoms with Crippen LogP contribution < -0.4 is 4.74 Å². The molecule has 1 aromatic rings. The van der Waals surface area contributed by atoms with Gasteiger partial charge in [-0.1, -0.05) is 31.9 Å². The molecule has 1 aliphatic rings. The Bertz CT molecular complexity index is 461. The molecule has 0 aromatic heterocycles. The van der Waals surface area contributed by atoms with Crippen molar-refractivity contribution in [1.82, 2.24) is 4.90 Å². The second-order valence-corrected chi connectivity index (χ2v) is 5.60. The molecule has 1 heterocycles. The minimum Gasteiger partial charge on any atom is -0.491 e. The Labute approximate surface area is 126 Å². The highest BCUT2D eigenvalue weighted by Gasteiger charge is 2.19. The lowest BCUT2D eigenvalue weighted by Crippen LogP contribution is -2.37. The van der Waals surface area contributed by atoms with Gasteiger partial charge in [-0.25, -0.2) is 4.79 Å². The summed E-state index contributed by atoms with van der Waals surface area (Å²) in [6.45, 7) is 4.78. The average molecular weight is 291 g/mol. The number of carboxylic acid groups (broad SMARTS) is 1. The number of benzene rings is 1. The summed E-state index contributed by atoms with van der Waals surface area (Å²) in [6, 6.07) is 7.48. The summed E-state index contributed by atoms with van der Waals surface area (Å²) in [4.78, 5) is 13.6. The number of carboxylic acids is 1. The summed E-state index contributed by atoms with van der Waals surface area (Å²) >= 11 is 0. The van der Waals surface area contributed by atoms with Gasteiger partial charge in [-0.3, -0.25) is 4.90 Å². The van der Waals surface area contributed by atoms with Crippen molar-refractivity contribution in [3.05, 3.63) is 29.8 Å². The lowest BCUT2D eigenvalue weighted by Gasteiger charge is -2.29. The van der Waals surface area contributed by atoms with Crippen LogP contribution in [0.4, 0.5) is 0 Å². The highest BCUT2D eigenvalue weighted by atomic mass is 16.5. The van der Waals surface area contributed by atoms with Gasteiger partial charge in [0.05, 0.1) is 0 Å².